The molecular formula is C17H31N3. The predicted octanol–water partition coefficient (Wildman–Crippen LogP) is 3.70. The Bertz CT molecular complexity index is 391. The van der Waals surface area contributed by atoms with Crippen LogP contribution in [0.2, 0.25) is 0 Å². The monoisotopic (exact) mass is 277 g/mol. The van der Waals surface area contributed by atoms with Crippen molar-refractivity contribution < 1.29 is 0 Å². The number of aromatic nitrogens is 2. The number of nitrogens with zero attached hydrogens (tertiary/aromatic N) is 2. The maximum Gasteiger partial charge on any atom is 0.0624 e. The first-order valence-corrected chi connectivity index (χ1v) is 8.54. The Morgan fingerprint density at radius 3 is 2.70 bits per heavy atom. The molecule has 0 bridgehead atoms. The summed E-state index contributed by atoms with van der Waals surface area (Å²) in [5, 5.41) is 4.61. The molecule has 20 heavy (non-hydrogen) atoms. The Morgan fingerprint density at radius 1 is 1.30 bits per heavy atom. The van der Waals surface area contributed by atoms with Gasteiger partial charge in [0.2, 0.25) is 0 Å². The summed E-state index contributed by atoms with van der Waals surface area (Å²) in [6.45, 7) is 5.27. The van der Waals surface area contributed by atoms with Crippen LogP contribution in [0.15, 0.2) is 6.07 Å². The molecule has 0 amide bonds. The standard InChI is InChI=1S/C17H31N3/c1-3-16-13-17(20(4-2)19-16)12-15(18)11-10-14-8-6-5-7-9-14/h13-15H,3-12,18H2,1-2H3. The molecule has 1 heterocycles. The second kappa shape index (κ2) is 7.82. The Hall–Kier alpha value is -0.830. The number of rotatable bonds is 7. The fraction of sp³-hybridized carbons (Fsp3) is 0.824. The third-order valence-corrected chi connectivity index (χ3v) is 4.72. The third kappa shape index (κ3) is 4.34. The van der Waals surface area contributed by atoms with Crippen molar-refractivity contribution in [1.29, 1.82) is 0 Å². The second-order valence-corrected chi connectivity index (χ2v) is 6.34. The first-order chi connectivity index (χ1) is 9.72. The van der Waals surface area contributed by atoms with Gasteiger partial charge in [-0.1, -0.05) is 39.0 Å². The summed E-state index contributed by atoms with van der Waals surface area (Å²) in [7, 11) is 0. The molecule has 1 aliphatic rings. The van der Waals surface area contributed by atoms with Gasteiger partial charge in [0.25, 0.3) is 0 Å². The SMILES string of the molecule is CCc1cc(CC(N)CCC2CCCCC2)n(CC)n1. The number of hydrogen-bond donors (Lipinski definition) is 1. The first kappa shape index (κ1) is 15.6. The molecule has 1 saturated carbocycles. The maximum absolute atomic E-state index is 6.36. The molecule has 0 spiro atoms. The van der Waals surface area contributed by atoms with Gasteiger partial charge < -0.3 is 5.73 Å². The van der Waals surface area contributed by atoms with Crippen molar-refractivity contribution in [3.63, 3.8) is 0 Å². The number of aryl methyl sites for hydroxylation is 2. The predicted molar refractivity (Wildman–Crippen MR) is 84.8 cm³/mol. The molecule has 114 valence electrons. The van der Waals surface area contributed by atoms with Crippen LogP contribution in [0.4, 0.5) is 0 Å². The van der Waals surface area contributed by atoms with Gasteiger partial charge in [0.05, 0.1) is 5.69 Å². The van der Waals surface area contributed by atoms with Crippen LogP contribution in [0.5, 0.6) is 0 Å². The van der Waals surface area contributed by atoms with Crippen LogP contribution in [0.25, 0.3) is 0 Å². The normalized spacial score (nSPS) is 18.4. The molecule has 0 aromatic carbocycles. The van der Waals surface area contributed by atoms with E-state index >= 15 is 0 Å². The van der Waals surface area contributed by atoms with E-state index in [1.54, 1.807) is 0 Å². The molecule has 0 saturated heterocycles. The zero-order valence-electron chi connectivity index (χ0n) is 13.3. The minimum atomic E-state index is 0.295. The van der Waals surface area contributed by atoms with Crippen LogP contribution >= 0.6 is 0 Å². The average Bonchev–Trinajstić information content (AvgIpc) is 2.88. The maximum atomic E-state index is 6.36. The van der Waals surface area contributed by atoms with Gasteiger partial charge in [-0.25, -0.2) is 0 Å². The first-order valence-electron chi connectivity index (χ1n) is 8.54. The van der Waals surface area contributed by atoms with Crippen LogP contribution in [0.3, 0.4) is 0 Å². The van der Waals surface area contributed by atoms with Gasteiger partial charge in [0.15, 0.2) is 0 Å². The zero-order chi connectivity index (χ0) is 14.4. The molecule has 0 aliphatic heterocycles. The minimum absolute atomic E-state index is 0.295. The highest BCUT2D eigenvalue weighted by atomic mass is 15.3. The van der Waals surface area contributed by atoms with Gasteiger partial charge in [-0.3, -0.25) is 4.68 Å². The smallest absolute Gasteiger partial charge is 0.0624 e. The fourth-order valence-electron chi connectivity index (χ4n) is 3.42. The van der Waals surface area contributed by atoms with Gasteiger partial charge in [0, 0.05) is 24.7 Å². The summed E-state index contributed by atoms with van der Waals surface area (Å²) in [6.07, 6.45) is 11.6. The lowest BCUT2D eigenvalue weighted by Crippen LogP contribution is -2.25. The quantitative estimate of drug-likeness (QED) is 0.826. The Kier molecular flexibility index (Phi) is 6.08. The van der Waals surface area contributed by atoms with Crippen molar-refractivity contribution in [2.24, 2.45) is 11.7 Å². The van der Waals surface area contributed by atoms with E-state index in [0.717, 1.165) is 25.3 Å². The van der Waals surface area contributed by atoms with E-state index in [0.29, 0.717) is 6.04 Å². The molecule has 1 fully saturated rings. The van der Waals surface area contributed by atoms with Crippen molar-refractivity contribution in [2.75, 3.05) is 0 Å². The molecule has 1 aromatic rings. The molecule has 1 aromatic heterocycles. The third-order valence-electron chi connectivity index (χ3n) is 4.72. The van der Waals surface area contributed by atoms with Gasteiger partial charge >= 0.3 is 0 Å². The summed E-state index contributed by atoms with van der Waals surface area (Å²) in [5.74, 6) is 0.942. The molecule has 0 radical (unpaired) electrons. The summed E-state index contributed by atoms with van der Waals surface area (Å²) in [5.41, 5.74) is 8.87. The zero-order valence-corrected chi connectivity index (χ0v) is 13.3. The highest BCUT2D eigenvalue weighted by molar-refractivity contribution is 5.11. The van der Waals surface area contributed by atoms with Crippen LogP contribution in [0, 0.1) is 5.92 Å². The lowest BCUT2D eigenvalue weighted by atomic mass is 9.85. The summed E-state index contributed by atoms with van der Waals surface area (Å²) < 4.78 is 2.12. The van der Waals surface area contributed by atoms with Gasteiger partial charge in [-0.2, -0.15) is 5.10 Å². The minimum Gasteiger partial charge on any atom is -0.327 e. The van der Waals surface area contributed by atoms with Crippen LogP contribution in [-0.4, -0.2) is 15.8 Å². The van der Waals surface area contributed by atoms with Crippen LogP contribution < -0.4 is 5.73 Å². The topological polar surface area (TPSA) is 43.8 Å². The number of nitrogens with two attached hydrogens (primary N) is 1. The second-order valence-electron chi connectivity index (χ2n) is 6.34. The van der Waals surface area contributed by atoms with Gasteiger partial charge in [0.1, 0.15) is 0 Å². The van der Waals surface area contributed by atoms with Crippen molar-refractivity contribution in [1.82, 2.24) is 9.78 Å². The highest BCUT2D eigenvalue weighted by Gasteiger charge is 2.16. The molecule has 2 N–H and O–H groups in total. The largest absolute Gasteiger partial charge is 0.327 e. The van der Waals surface area contributed by atoms with E-state index in [1.807, 2.05) is 0 Å². The summed E-state index contributed by atoms with van der Waals surface area (Å²) in [6, 6.07) is 2.54. The molecule has 2 rings (SSSR count). The van der Waals surface area contributed by atoms with E-state index in [4.69, 9.17) is 5.73 Å². The Balaban J connectivity index is 1.81. The molecular weight excluding hydrogens is 246 g/mol. The summed E-state index contributed by atoms with van der Waals surface area (Å²) in [4.78, 5) is 0. The van der Waals surface area contributed by atoms with Crippen molar-refractivity contribution in [3.05, 3.63) is 17.5 Å². The van der Waals surface area contributed by atoms with Crippen LogP contribution in [-0.2, 0) is 19.4 Å². The van der Waals surface area contributed by atoms with Crippen molar-refractivity contribution in [2.45, 2.75) is 84.2 Å². The van der Waals surface area contributed by atoms with Crippen molar-refractivity contribution >= 4 is 0 Å². The Morgan fingerprint density at radius 2 is 2.05 bits per heavy atom. The molecule has 1 aliphatic carbocycles. The molecule has 3 heteroatoms. The highest BCUT2D eigenvalue weighted by Crippen LogP contribution is 2.27. The van der Waals surface area contributed by atoms with E-state index in [9.17, 15) is 0 Å². The average molecular weight is 277 g/mol. The van der Waals surface area contributed by atoms with E-state index in [2.05, 4.69) is 29.7 Å². The Labute approximate surface area is 123 Å². The lowest BCUT2D eigenvalue weighted by Gasteiger charge is -2.23. The van der Waals surface area contributed by atoms with E-state index < -0.39 is 0 Å². The van der Waals surface area contributed by atoms with Crippen LogP contribution in [0.1, 0.15) is 70.2 Å². The molecule has 1 unspecified atom stereocenters. The van der Waals surface area contributed by atoms with Gasteiger partial charge in [-0.05, 0) is 38.2 Å². The van der Waals surface area contributed by atoms with Crippen molar-refractivity contribution in [3.8, 4) is 0 Å². The molecule has 3 nitrogen and oxygen atoms in total. The summed E-state index contributed by atoms with van der Waals surface area (Å²) >= 11 is 0. The lowest BCUT2D eigenvalue weighted by molar-refractivity contribution is 0.322. The fourth-order valence-corrected chi connectivity index (χ4v) is 3.42. The van der Waals surface area contributed by atoms with E-state index in [1.165, 1.54) is 56.3 Å². The van der Waals surface area contributed by atoms with E-state index in [-0.39, 0.29) is 0 Å². The molecule has 1 atom stereocenters. The number of hydrogen-bond acceptors (Lipinski definition) is 2. The van der Waals surface area contributed by atoms with Gasteiger partial charge in [-0.15, -0.1) is 0 Å².